The Morgan fingerprint density at radius 1 is 1.03 bits per heavy atom. The maximum absolute atomic E-state index is 14.3. The monoisotopic (exact) mass is 463 g/mol. The molecule has 0 radical (unpaired) electrons. The number of nitrogens with zero attached hydrogens (tertiary/aromatic N) is 4. The van der Waals surface area contributed by atoms with Gasteiger partial charge in [-0.15, -0.1) is 0 Å². The number of carbonyl (C=O) groups is 3. The van der Waals surface area contributed by atoms with E-state index in [1.54, 1.807) is 59.0 Å². The highest BCUT2D eigenvalue weighted by Gasteiger charge is 2.26. The normalized spacial score (nSPS) is 14.2. The fourth-order valence-electron chi connectivity index (χ4n) is 4.17. The maximum Gasteiger partial charge on any atom is 0.272 e. The molecule has 2 N–H and O–H groups in total. The Hall–Kier alpha value is -3.85. The molecule has 2 amide bonds. The van der Waals surface area contributed by atoms with Gasteiger partial charge in [-0.3, -0.25) is 24.3 Å². The number of hydrogen-bond acceptors (Lipinski definition) is 5. The highest BCUT2D eigenvalue weighted by Crippen LogP contribution is 2.20. The third-order valence-corrected chi connectivity index (χ3v) is 6.11. The van der Waals surface area contributed by atoms with Crippen LogP contribution in [0.4, 0.5) is 4.39 Å². The third kappa shape index (κ3) is 4.89. The number of piperazine rings is 1. The molecule has 8 nitrogen and oxygen atoms in total. The number of rotatable bonds is 7. The second-order valence-corrected chi connectivity index (χ2v) is 8.28. The number of nitrogens with two attached hydrogens (primary N) is 1. The lowest BCUT2D eigenvalue weighted by Crippen LogP contribution is -2.50. The van der Waals surface area contributed by atoms with E-state index in [-0.39, 0.29) is 36.2 Å². The summed E-state index contributed by atoms with van der Waals surface area (Å²) in [5.41, 5.74) is 7.38. The van der Waals surface area contributed by atoms with E-state index in [0.29, 0.717) is 48.8 Å². The van der Waals surface area contributed by atoms with Crippen molar-refractivity contribution < 1.29 is 18.8 Å². The highest BCUT2D eigenvalue weighted by atomic mass is 19.1. The van der Waals surface area contributed by atoms with Gasteiger partial charge >= 0.3 is 0 Å². The van der Waals surface area contributed by atoms with Crippen molar-refractivity contribution >= 4 is 17.6 Å². The molecule has 0 unspecified atom stereocenters. The summed E-state index contributed by atoms with van der Waals surface area (Å²) in [5, 5.41) is 0. The number of amides is 2. The Bertz CT molecular complexity index is 1220. The van der Waals surface area contributed by atoms with Gasteiger partial charge in [-0.05, 0) is 31.2 Å². The van der Waals surface area contributed by atoms with Crippen LogP contribution in [-0.4, -0.2) is 69.7 Å². The van der Waals surface area contributed by atoms with Gasteiger partial charge in [0.15, 0.2) is 5.78 Å². The molecule has 0 aliphatic carbocycles. The van der Waals surface area contributed by atoms with Crippen LogP contribution in [0.1, 0.15) is 42.6 Å². The van der Waals surface area contributed by atoms with Crippen molar-refractivity contribution in [3.63, 3.8) is 0 Å². The summed E-state index contributed by atoms with van der Waals surface area (Å²) in [6.45, 7) is 3.93. The molecule has 2 aromatic heterocycles. The highest BCUT2D eigenvalue weighted by molar-refractivity contribution is 6.01. The van der Waals surface area contributed by atoms with Gasteiger partial charge in [0.2, 0.25) is 0 Å². The van der Waals surface area contributed by atoms with Crippen molar-refractivity contribution in [2.75, 3.05) is 32.7 Å². The summed E-state index contributed by atoms with van der Waals surface area (Å²) >= 11 is 0. The summed E-state index contributed by atoms with van der Waals surface area (Å²) < 4.78 is 15.9. The first-order valence-electron chi connectivity index (χ1n) is 11.0. The van der Waals surface area contributed by atoms with Crippen LogP contribution in [-0.2, 0) is 6.54 Å². The van der Waals surface area contributed by atoms with E-state index in [1.165, 1.54) is 12.1 Å². The first kappa shape index (κ1) is 23.3. The summed E-state index contributed by atoms with van der Waals surface area (Å²) in [4.78, 5) is 45.5. The van der Waals surface area contributed by atoms with Crippen molar-refractivity contribution in [3.8, 4) is 0 Å². The SMILES string of the molecule is Cc1c(C(N)=O)cc(C(=O)CN2CCN(C(=O)c3ccccn3)CC2)n1Cc1ccccc1F. The molecule has 0 bridgehead atoms. The smallest absolute Gasteiger partial charge is 0.272 e. The van der Waals surface area contributed by atoms with Gasteiger partial charge < -0.3 is 15.2 Å². The van der Waals surface area contributed by atoms with E-state index in [1.807, 2.05) is 4.90 Å². The van der Waals surface area contributed by atoms with Gasteiger partial charge in [0, 0.05) is 43.6 Å². The molecule has 0 atom stereocenters. The summed E-state index contributed by atoms with van der Waals surface area (Å²) in [6, 6.07) is 13.0. The number of carbonyl (C=O) groups excluding carboxylic acids is 3. The Morgan fingerprint density at radius 3 is 2.38 bits per heavy atom. The topological polar surface area (TPSA) is 102 Å². The van der Waals surface area contributed by atoms with Crippen LogP contribution in [0.3, 0.4) is 0 Å². The molecule has 1 aromatic carbocycles. The fraction of sp³-hybridized carbons (Fsp3) is 0.280. The van der Waals surface area contributed by atoms with Crippen LogP contribution in [0.2, 0.25) is 0 Å². The van der Waals surface area contributed by atoms with E-state index in [4.69, 9.17) is 5.73 Å². The molecule has 0 saturated carbocycles. The van der Waals surface area contributed by atoms with E-state index >= 15 is 0 Å². The molecule has 1 saturated heterocycles. The van der Waals surface area contributed by atoms with Gasteiger partial charge in [-0.1, -0.05) is 24.3 Å². The van der Waals surface area contributed by atoms with Crippen molar-refractivity contribution in [3.05, 3.63) is 88.8 Å². The minimum absolute atomic E-state index is 0.110. The van der Waals surface area contributed by atoms with E-state index < -0.39 is 5.91 Å². The van der Waals surface area contributed by atoms with E-state index in [2.05, 4.69) is 4.98 Å². The molecule has 1 aliphatic rings. The summed E-state index contributed by atoms with van der Waals surface area (Å²) in [6.07, 6.45) is 1.58. The van der Waals surface area contributed by atoms with Crippen LogP contribution < -0.4 is 5.73 Å². The molecule has 34 heavy (non-hydrogen) atoms. The van der Waals surface area contributed by atoms with E-state index in [9.17, 15) is 18.8 Å². The molecular weight excluding hydrogens is 437 g/mol. The zero-order valence-corrected chi connectivity index (χ0v) is 18.9. The molecule has 3 aromatic rings. The number of ketones is 1. The number of aromatic nitrogens is 2. The van der Waals surface area contributed by atoms with Crippen molar-refractivity contribution in [1.29, 1.82) is 0 Å². The van der Waals surface area contributed by atoms with E-state index in [0.717, 1.165) is 0 Å². The average Bonchev–Trinajstić information content (AvgIpc) is 3.17. The standard InChI is InChI=1S/C25H26FN5O3/c1-17-19(24(27)33)14-22(31(17)15-18-6-2-3-7-20(18)26)23(32)16-29-10-12-30(13-11-29)25(34)21-8-4-5-9-28-21/h2-9,14H,10-13,15-16H2,1H3,(H2,27,33). The zero-order chi connectivity index (χ0) is 24.2. The first-order valence-corrected chi connectivity index (χ1v) is 11.0. The molecule has 4 rings (SSSR count). The third-order valence-electron chi connectivity index (χ3n) is 6.11. The van der Waals surface area contributed by atoms with Crippen LogP contribution in [0.25, 0.3) is 0 Å². The number of Topliss-reactive ketones (excluding diaryl/α,β-unsaturated/α-hetero) is 1. The second kappa shape index (κ2) is 9.96. The van der Waals surface area contributed by atoms with Crippen molar-refractivity contribution in [1.82, 2.24) is 19.4 Å². The largest absolute Gasteiger partial charge is 0.366 e. The van der Waals surface area contributed by atoms with Crippen LogP contribution in [0.5, 0.6) is 0 Å². The quantitative estimate of drug-likeness (QED) is 0.541. The van der Waals surface area contributed by atoms with Gasteiger partial charge in [0.05, 0.1) is 24.3 Å². The number of pyridine rings is 1. The molecule has 176 valence electrons. The second-order valence-electron chi connectivity index (χ2n) is 8.28. The fourth-order valence-corrected chi connectivity index (χ4v) is 4.17. The molecule has 0 spiro atoms. The number of benzene rings is 1. The number of hydrogen-bond donors (Lipinski definition) is 1. The number of primary amides is 1. The molecule has 9 heteroatoms. The van der Waals surface area contributed by atoms with Crippen LogP contribution in [0, 0.1) is 12.7 Å². The average molecular weight is 464 g/mol. The first-order chi connectivity index (χ1) is 16.3. The minimum atomic E-state index is -0.638. The Morgan fingerprint density at radius 2 is 1.74 bits per heavy atom. The lowest BCUT2D eigenvalue weighted by Gasteiger charge is -2.34. The van der Waals surface area contributed by atoms with Crippen molar-refractivity contribution in [2.24, 2.45) is 5.73 Å². The Kier molecular flexibility index (Phi) is 6.83. The van der Waals surface area contributed by atoms with Gasteiger partial charge in [-0.25, -0.2) is 4.39 Å². The maximum atomic E-state index is 14.3. The zero-order valence-electron chi connectivity index (χ0n) is 18.9. The summed E-state index contributed by atoms with van der Waals surface area (Å²) in [7, 11) is 0. The molecule has 1 aliphatic heterocycles. The predicted octanol–water partition coefficient (Wildman–Crippen LogP) is 2.12. The van der Waals surface area contributed by atoms with Gasteiger partial charge in [0.25, 0.3) is 11.8 Å². The number of halogens is 1. The van der Waals surface area contributed by atoms with Crippen molar-refractivity contribution in [2.45, 2.75) is 13.5 Å². The van der Waals surface area contributed by atoms with Crippen LogP contribution in [0.15, 0.2) is 54.7 Å². The molecular formula is C25H26FN5O3. The Balaban J connectivity index is 1.47. The molecule has 1 fully saturated rings. The minimum Gasteiger partial charge on any atom is -0.366 e. The van der Waals surface area contributed by atoms with Crippen LogP contribution >= 0.6 is 0 Å². The lowest BCUT2D eigenvalue weighted by atomic mass is 10.2. The lowest BCUT2D eigenvalue weighted by molar-refractivity contribution is 0.0617. The van der Waals surface area contributed by atoms with Gasteiger partial charge in [-0.2, -0.15) is 0 Å². The molecule has 3 heterocycles. The Labute approximate surface area is 196 Å². The van der Waals surface area contributed by atoms with Gasteiger partial charge in [0.1, 0.15) is 11.5 Å². The predicted molar refractivity (Wildman–Crippen MR) is 124 cm³/mol. The summed E-state index contributed by atoms with van der Waals surface area (Å²) in [5.74, 6) is -1.35.